The fourth-order valence-electron chi connectivity index (χ4n) is 6.65. The van der Waals surface area contributed by atoms with Gasteiger partial charge in [0.15, 0.2) is 5.78 Å². The molecular weight excluding hydrogens is 604 g/mol. The molecule has 47 heavy (non-hydrogen) atoms. The number of esters is 1. The zero-order valence-electron chi connectivity index (χ0n) is 26.7. The van der Waals surface area contributed by atoms with Crippen LogP contribution < -0.4 is 9.80 Å². The van der Waals surface area contributed by atoms with Crippen molar-refractivity contribution in [2.45, 2.75) is 32.5 Å². The Morgan fingerprint density at radius 3 is 1.81 bits per heavy atom. The van der Waals surface area contributed by atoms with Crippen molar-refractivity contribution < 1.29 is 43.0 Å². The Kier molecular flexibility index (Phi) is 9.78. The lowest BCUT2D eigenvalue weighted by atomic mass is 9.80. The van der Waals surface area contributed by atoms with Crippen LogP contribution in [0.15, 0.2) is 78.9 Å². The molecule has 0 N–H and O–H groups in total. The van der Waals surface area contributed by atoms with Crippen molar-refractivity contribution in [1.29, 1.82) is 0 Å². The second-order valence-electron chi connectivity index (χ2n) is 11.6. The number of rotatable bonds is 11. The molecule has 0 spiro atoms. The summed E-state index contributed by atoms with van der Waals surface area (Å²) in [5, 5.41) is 0. The second-order valence-corrected chi connectivity index (χ2v) is 11.6. The number of amides is 4. The summed E-state index contributed by atoms with van der Waals surface area (Å²) >= 11 is 0. The number of hydrogen-bond donors (Lipinski definition) is 0. The Balaban J connectivity index is 1.48. The molecule has 0 bridgehead atoms. The predicted molar refractivity (Wildman–Crippen MR) is 171 cm³/mol. The van der Waals surface area contributed by atoms with Crippen molar-refractivity contribution in [2.24, 2.45) is 23.7 Å². The van der Waals surface area contributed by atoms with Crippen LogP contribution >= 0.6 is 0 Å². The Labute approximate surface area is 272 Å². The third kappa shape index (κ3) is 5.88. The van der Waals surface area contributed by atoms with Crippen LogP contribution in [-0.2, 0) is 33.4 Å². The quantitative estimate of drug-likeness (QED) is 0.173. The number of methoxy groups -OCH3 is 3. The number of ether oxygens (including phenoxy) is 3. The number of para-hydroxylation sites is 2. The number of benzene rings is 3. The van der Waals surface area contributed by atoms with Gasteiger partial charge in [-0.2, -0.15) is 0 Å². The van der Waals surface area contributed by atoms with E-state index in [2.05, 4.69) is 0 Å². The molecule has 2 aliphatic rings. The molecule has 2 heterocycles. The first kappa shape index (κ1) is 33.4. The van der Waals surface area contributed by atoms with E-state index >= 15 is 0 Å². The third-order valence-electron chi connectivity index (χ3n) is 9.17. The molecular formula is C36H36N2O9. The third-order valence-corrected chi connectivity index (χ3v) is 9.17. The number of hydrogen-bond acceptors (Lipinski definition) is 9. The molecule has 0 aliphatic carbocycles. The molecule has 2 saturated heterocycles. The summed E-state index contributed by atoms with van der Waals surface area (Å²) in [6.07, 6.45) is -1.77. The molecule has 3 aromatic rings. The maximum Gasteiger partial charge on any atom is 0.339 e. The number of nitrogens with zero attached hydrogens (tertiary/aromatic N) is 2. The largest absolute Gasteiger partial charge is 0.465 e. The molecule has 0 radical (unpaired) electrons. The van der Waals surface area contributed by atoms with Gasteiger partial charge in [-0.25, -0.2) is 14.6 Å². The van der Waals surface area contributed by atoms with E-state index in [1.54, 1.807) is 80.6 Å². The molecule has 3 aromatic carbocycles. The lowest BCUT2D eigenvalue weighted by Crippen LogP contribution is -2.39. The van der Waals surface area contributed by atoms with Crippen molar-refractivity contribution >= 4 is 46.8 Å². The van der Waals surface area contributed by atoms with Gasteiger partial charge in [0.05, 0.1) is 59.9 Å². The van der Waals surface area contributed by atoms with Gasteiger partial charge in [0.1, 0.15) is 0 Å². The van der Waals surface area contributed by atoms with E-state index in [1.165, 1.54) is 33.5 Å². The van der Waals surface area contributed by atoms with E-state index in [9.17, 15) is 28.8 Å². The van der Waals surface area contributed by atoms with Gasteiger partial charge in [-0.05, 0) is 37.6 Å². The van der Waals surface area contributed by atoms with E-state index in [4.69, 9.17) is 14.2 Å². The van der Waals surface area contributed by atoms with Crippen molar-refractivity contribution in [3.8, 4) is 0 Å². The van der Waals surface area contributed by atoms with Crippen molar-refractivity contribution in [3.05, 3.63) is 95.6 Å². The summed E-state index contributed by atoms with van der Waals surface area (Å²) in [7, 11) is 4.01. The molecule has 0 saturated carbocycles. The predicted octanol–water partition coefficient (Wildman–Crippen LogP) is 4.08. The van der Waals surface area contributed by atoms with Crippen LogP contribution in [0.5, 0.6) is 0 Å². The van der Waals surface area contributed by atoms with E-state index in [1.807, 2.05) is 0 Å². The Morgan fingerprint density at radius 1 is 0.681 bits per heavy atom. The van der Waals surface area contributed by atoms with Crippen LogP contribution in [0.25, 0.3) is 0 Å². The first-order valence-corrected chi connectivity index (χ1v) is 15.2. The normalized spacial score (nSPS) is 22.5. The molecule has 6 unspecified atom stereocenters. The molecule has 4 amide bonds. The van der Waals surface area contributed by atoms with E-state index < -0.39 is 65.5 Å². The first-order valence-electron chi connectivity index (χ1n) is 15.2. The fraction of sp³-hybridized carbons (Fsp3) is 0.333. The van der Waals surface area contributed by atoms with Crippen molar-refractivity contribution in [2.75, 3.05) is 31.1 Å². The minimum Gasteiger partial charge on any atom is -0.465 e. The number of carbonyl (C=O) groups excluding carboxylic acids is 6. The lowest BCUT2D eigenvalue weighted by Gasteiger charge is -2.28. The Hall–Kier alpha value is -5.00. The molecule has 11 nitrogen and oxygen atoms in total. The summed E-state index contributed by atoms with van der Waals surface area (Å²) in [5.41, 5.74) is 0.857. The van der Waals surface area contributed by atoms with Gasteiger partial charge >= 0.3 is 5.97 Å². The zero-order valence-corrected chi connectivity index (χ0v) is 26.7. The van der Waals surface area contributed by atoms with Crippen LogP contribution in [0.3, 0.4) is 0 Å². The van der Waals surface area contributed by atoms with Gasteiger partial charge in [0.25, 0.3) is 0 Å². The van der Waals surface area contributed by atoms with Crippen LogP contribution in [0.2, 0.25) is 0 Å². The Morgan fingerprint density at radius 2 is 1.21 bits per heavy atom. The minimum atomic E-state index is -1.02. The van der Waals surface area contributed by atoms with Crippen molar-refractivity contribution in [1.82, 2.24) is 0 Å². The average molecular weight is 641 g/mol. The SMILES string of the molecule is COC(=O)c1ccccc1N1C(=O)C(CC(OC)C2C(=O)N(c3ccccc3C(=O)c3ccccc3)C(=O)C2C)C(C(C)OC)C1=O. The molecule has 11 heteroatoms. The summed E-state index contributed by atoms with van der Waals surface area (Å²) in [6.45, 7) is 3.27. The van der Waals surface area contributed by atoms with Gasteiger partial charge in [-0.3, -0.25) is 24.0 Å². The second kappa shape index (κ2) is 13.8. The highest BCUT2D eigenvalue weighted by Gasteiger charge is 2.56. The molecule has 244 valence electrons. The van der Waals surface area contributed by atoms with Gasteiger partial charge in [-0.1, -0.05) is 61.5 Å². The summed E-state index contributed by atoms with van der Waals surface area (Å²) in [5.74, 6) is -7.20. The van der Waals surface area contributed by atoms with Gasteiger partial charge in [-0.15, -0.1) is 0 Å². The first-order chi connectivity index (χ1) is 22.6. The van der Waals surface area contributed by atoms with E-state index in [0.717, 1.165) is 9.80 Å². The maximum absolute atomic E-state index is 14.1. The zero-order chi connectivity index (χ0) is 34.0. The average Bonchev–Trinajstić information content (AvgIpc) is 3.47. The Bertz CT molecular complexity index is 1720. The highest BCUT2D eigenvalue weighted by atomic mass is 16.5. The van der Waals surface area contributed by atoms with Crippen LogP contribution in [0.4, 0.5) is 11.4 Å². The fourth-order valence-corrected chi connectivity index (χ4v) is 6.65. The molecule has 2 aliphatic heterocycles. The van der Waals surface area contributed by atoms with E-state index in [0.29, 0.717) is 5.56 Å². The number of anilines is 2. The van der Waals surface area contributed by atoms with Gasteiger partial charge < -0.3 is 14.2 Å². The summed E-state index contributed by atoms with van der Waals surface area (Å²) in [6, 6.07) is 21.1. The minimum absolute atomic E-state index is 0.0361. The highest BCUT2D eigenvalue weighted by molar-refractivity contribution is 6.26. The molecule has 2 fully saturated rings. The molecule has 5 rings (SSSR count). The highest BCUT2D eigenvalue weighted by Crippen LogP contribution is 2.42. The number of carbonyl (C=O) groups is 6. The monoisotopic (exact) mass is 640 g/mol. The maximum atomic E-state index is 14.1. The van der Waals surface area contributed by atoms with Crippen LogP contribution in [-0.4, -0.2) is 68.9 Å². The summed E-state index contributed by atoms with van der Waals surface area (Å²) in [4.78, 5) is 83.8. The smallest absolute Gasteiger partial charge is 0.339 e. The van der Waals surface area contributed by atoms with Crippen molar-refractivity contribution in [3.63, 3.8) is 0 Å². The van der Waals surface area contributed by atoms with Crippen LogP contribution in [0, 0.1) is 23.7 Å². The van der Waals surface area contributed by atoms with Gasteiger partial charge in [0.2, 0.25) is 23.6 Å². The summed E-state index contributed by atoms with van der Waals surface area (Å²) < 4.78 is 16.2. The topological polar surface area (TPSA) is 137 Å². The standard InChI is InChI=1S/C36H36N2O9/c1-20-29(34(42)37(32(20)40)26-17-11-9-15-23(26)31(39)22-13-7-6-8-14-22)28(46-4)19-25-30(21(2)45-3)35(43)38(33(25)41)27-18-12-10-16-24(27)36(44)47-5/h6-18,20-21,25,28-30H,19H2,1-5H3. The molecule has 0 aromatic heterocycles. The molecule has 6 atom stereocenters. The number of imide groups is 2. The van der Waals surface area contributed by atoms with E-state index in [-0.39, 0.29) is 34.7 Å². The lowest BCUT2D eigenvalue weighted by molar-refractivity contribution is -0.130. The van der Waals surface area contributed by atoms with Gasteiger partial charge in [0, 0.05) is 25.3 Å². The number of ketones is 1. The van der Waals surface area contributed by atoms with Crippen LogP contribution in [0.1, 0.15) is 46.5 Å².